The molecule has 3 nitrogen and oxygen atoms in total. The van der Waals surface area contributed by atoms with Gasteiger partial charge in [-0.2, -0.15) is 0 Å². The predicted octanol–water partition coefficient (Wildman–Crippen LogP) is 3.06. The van der Waals surface area contributed by atoms with Crippen LogP contribution >= 0.6 is 0 Å². The third kappa shape index (κ3) is 2.35. The van der Waals surface area contributed by atoms with Crippen molar-refractivity contribution >= 4 is 0 Å². The van der Waals surface area contributed by atoms with Gasteiger partial charge in [-0.25, -0.2) is 0 Å². The zero-order chi connectivity index (χ0) is 14.8. The fourth-order valence-electron chi connectivity index (χ4n) is 3.49. The molecule has 0 radical (unpaired) electrons. The molecule has 2 aliphatic rings. The Morgan fingerprint density at radius 2 is 1.55 bits per heavy atom. The first kappa shape index (κ1) is 13.9. The lowest BCUT2D eigenvalue weighted by Gasteiger charge is -2.30. The molecule has 2 heterocycles. The summed E-state index contributed by atoms with van der Waals surface area (Å²) in [5.41, 5.74) is 2.11. The molecular weight excluding hydrogens is 274 g/mol. The van der Waals surface area contributed by atoms with Crippen LogP contribution in [-0.4, -0.2) is 25.3 Å². The minimum Gasteiger partial charge on any atom is -0.339 e. The third-order valence-corrected chi connectivity index (χ3v) is 4.62. The minimum absolute atomic E-state index is 0.0999. The van der Waals surface area contributed by atoms with E-state index in [4.69, 9.17) is 9.47 Å². The largest absolute Gasteiger partial charge is 0.339 e. The first-order chi connectivity index (χ1) is 10.9. The average Bonchev–Trinajstić information content (AvgIpc) is 3.27. The highest BCUT2D eigenvalue weighted by Crippen LogP contribution is 2.41. The van der Waals surface area contributed by atoms with Crippen molar-refractivity contribution in [3.8, 4) is 0 Å². The van der Waals surface area contributed by atoms with Crippen LogP contribution in [0.25, 0.3) is 0 Å². The average molecular weight is 295 g/mol. The Hall–Kier alpha value is -1.68. The smallest absolute Gasteiger partial charge is 0.222 e. The van der Waals surface area contributed by atoms with E-state index in [9.17, 15) is 0 Å². The summed E-state index contributed by atoms with van der Waals surface area (Å²) in [4.78, 5) is 0. The van der Waals surface area contributed by atoms with Gasteiger partial charge in [-0.05, 0) is 19.4 Å². The van der Waals surface area contributed by atoms with Gasteiger partial charge in [-0.3, -0.25) is 0 Å². The molecule has 4 rings (SSSR count). The molecule has 22 heavy (non-hydrogen) atoms. The molecule has 0 unspecified atom stereocenters. The zero-order valence-corrected chi connectivity index (χ0v) is 12.6. The Morgan fingerprint density at radius 1 is 0.909 bits per heavy atom. The fraction of sp³-hybridized carbons (Fsp3) is 0.368. The van der Waals surface area contributed by atoms with E-state index in [2.05, 4.69) is 29.6 Å². The predicted molar refractivity (Wildman–Crippen MR) is 85.5 cm³/mol. The molecular formula is C19H21NO2. The lowest BCUT2D eigenvalue weighted by molar-refractivity contribution is -0.145. The molecule has 3 heteroatoms. The van der Waals surface area contributed by atoms with Crippen molar-refractivity contribution in [2.75, 3.05) is 13.2 Å². The van der Waals surface area contributed by atoms with Crippen molar-refractivity contribution < 1.29 is 9.47 Å². The second kappa shape index (κ2) is 5.84. The highest BCUT2D eigenvalue weighted by atomic mass is 16.7. The number of ether oxygens (including phenoxy) is 2. The first-order valence-electron chi connectivity index (χ1n) is 8.05. The van der Waals surface area contributed by atoms with Gasteiger partial charge in [0.15, 0.2) is 0 Å². The Balaban J connectivity index is 1.71. The Bertz CT molecular complexity index is 568. The van der Waals surface area contributed by atoms with E-state index in [1.54, 1.807) is 0 Å². The number of hydrogen-bond donors (Lipinski definition) is 1. The number of nitrogens with one attached hydrogen (secondary N) is 1. The zero-order valence-electron chi connectivity index (χ0n) is 12.6. The molecule has 2 aromatic carbocycles. The lowest BCUT2D eigenvalue weighted by atomic mass is 9.97. The second-order valence-corrected chi connectivity index (χ2v) is 6.02. The SMILES string of the molecule is c1ccc(C2(c3ccccc3)OC[C@H]([C@@H]3CCCN3)O2)cc1. The highest BCUT2D eigenvalue weighted by Gasteiger charge is 2.47. The van der Waals surface area contributed by atoms with Crippen molar-refractivity contribution in [3.63, 3.8) is 0 Å². The van der Waals surface area contributed by atoms with Gasteiger partial charge in [-0.15, -0.1) is 0 Å². The molecule has 2 aliphatic heterocycles. The number of hydrogen-bond acceptors (Lipinski definition) is 3. The summed E-state index contributed by atoms with van der Waals surface area (Å²) in [6.07, 6.45) is 2.48. The van der Waals surface area contributed by atoms with E-state index in [0.717, 1.165) is 24.1 Å². The van der Waals surface area contributed by atoms with Crippen LogP contribution in [0.2, 0.25) is 0 Å². The molecule has 0 amide bonds. The van der Waals surface area contributed by atoms with Crippen LogP contribution in [0.1, 0.15) is 24.0 Å². The summed E-state index contributed by atoms with van der Waals surface area (Å²) in [6, 6.07) is 20.9. The quantitative estimate of drug-likeness (QED) is 0.944. The fourth-order valence-corrected chi connectivity index (χ4v) is 3.49. The van der Waals surface area contributed by atoms with E-state index < -0.39 is 5.79 Å². The normalized spacial score (nSPS) is 27.1. The van der Waals surface area contributed by atoms with Gasteiger partial charge >= 0.3 is 0 Å². The van der Waals surface area contributed by atoms with E-state index in [-0.39, 0.29) is 6.10 Å². The van der Waals surface area contributed by atoms with Gasteiger partial charge in [0, 0.05) is 17.2 Å². The molecule has 114 valence electrons. The molecule has 0 spiro atoms. The van der Waals surface area contributed by atoms with Crippen LogP contribution in [0.5, 0.6) is 0 Å². The van der Waals surface area contributed by atoms with Crippen LogP contribution in [-0.2, 0) is 15.3 Å². The molecule has 0 aliphatic carbocycles. The minimum atomic E-state index is -0.780. The van der Waals surface area contributed by atoms with Gasteiger partial charge < -0.3 is 14.8 Å². The Labute approximate surface area is 131 Å². The van der Waals surface area contributed by atoms with Crippen molar-refractivity contribution in [3.05, 3.63) is 71.8 Å². The maximum Gasteiger partial charge on any atom is 0.222 e. The van der Waals surface area contributed by atoms with E-state index in [1.165, 1.54) is 6.42 Å². The van der Waals surface area contributed by atoms with Crippen LogP contribution in [0.3, 0.4) is 0 Å². The van der Waals surface area contributed by atoms with Gasteiger partial charge in [0.1, 0.15) is 6.10 Å². The van der Waals surface area contributed by atoms with Crippen LogP contribution in [0.4, 0.5) is 0 Å². The van der Waals surface area contributed by atoms with Crippen molar-refractivity contribution in [1.82, 2.24) is 5.32 Å². The summed E-state index contributed by atoms with van der Waals surface area (Å²) in [5, 5.41) is 3.53. The number of rotatable bonds is 3. The van der Waals surface area contributed by atoms with E-state index >= 15 is 0 Å². The Morgan fingerprint density at radius 3 is 2.09 bits per heavy atom. The highest BCUT2D eigenvalue weighted by molar-refractivity contribution is 5.34. The topological polar surface area (TPSA) is 30.5 Å². The van der Waals surface area contributed by atoms with E-state index in [0.29, 0.717) is 12.6 Å². The van der Waals surface area contributed by atoms with Crippen LogP contribution < -0.4 is 5.32 Å². The van der Waals surface area contributed by atoms with Gasteiger partial charge in [0.05, 0.1) is 6.61 Å². The summed E-state index contributed by atoms with van der Waals surface area (Å²) in [6.45, 7) is 1.70. The second-order valence-electron chi connectivity index (χ2n) is 6.02. The molecule has 0 saturated carbocycles. The summed E-state index contributed by atoms with van der Waals surface area (Å²) >= 11 is 0. The van der Waals surface area contributed by atoms with E-state index in [1.807, 2.05) is 36.4 Å². The molecule has 2 aromatic rings. The molecule has 1 N–H and O–H groups in total. The summed E-state index contributed by atoms with van der Waals surface area (Å²) in [7, 11) is 0. The molecule has 2 saturated heterocycles. The summed E-state index contributed by atoms with van der Waals surface area (Å²) in [5.74, 6) is -0.780. The maximum atomic E-state index is 6.52. The maximum absolute atomic E-state index is 6.52. The van der Waals surface area contributed by atoms with Crippen molar-refractivity contribution in [2.24, 2.45) is 0 Å². The number of benzene rings is 2. The monoisotopic (exact) mass is 295 g/mol. The van der Waals surface area contributed by atoms with Gasteiger partial charge in [0.25, 0.3) is 0 Å². The van der Waals surface area contributed by atoms with Crippen molar-refractivity contribution in [1.29, 1.82) is 0 Å². The van der Waals surface area contributed by atoms with Gasteiger partial charge in [0.2, 0.25) is 5.79 Å². The molecule has 0 bridgehead atoms. The van der Waals surface area contributed by atoms with Gasteiger partial charge in [-0.1, -0.05) is 60.7 Å². The lowest BCUT2D eigenvalue weighted by Crippen LogP contribution is -2.38. The molecule has 2 fully saturated rings. The standard InChI is InChI=1S/C19H21NO2/c1-3-8-15(9-4-1)19(16-10-5-2-6-11-16)21-14-18(22-19)17-12-7-13-20-17/h1-6,8-11,17-18,20H,7,12-14H2/t17-,18+/m0/s1. The first-order valence-corrected chi connectivity index (χ1v) is 8.05. The van der Waals surface area contributed by atoms with Crippen molar-refractivity contribution in [2.45, 2.75) is 30.8 Å². The summed E-state index contributed by atoms with van der Waals surface area (Å²) < 4.78 is 12.8. The Kier molecular flexibility index (Phi) is 3.70. The van der Waals surface area contributed by atoms with Crippen LogP contribution in [0, 0.1) is 0 Å². The molecule has 2 atom stereocenters. The molecule has 0 aromatic heterocycles. The van der Waals surface area contributed by atoms with Crippen LogP contribution in [0.15, 0.2) is 60.7 Å². The third-order valence-electron chi connectivity index (χ3n) is 4.62.